The Hall–Kier alpha value is -2.28. The van der Waals surface area contributed by atoms with E-state index in [4.69, 9.17) is 4.42 Å². The van der Waals surface area contributed by atoms with Crippen molar-refractivity contribution in [2.75, 3.05) is 26.2 Å². The third kappa shape index (κ3) is 3.56. The molecule has 0 N–H and O–H groups in total. The van der Waals surface area contributed by atoms with Crippen LogP contribution in [0.3, 0.4) is 0 Å². The van der Waals surface area contributed by atoms with Crippen LogP contribution in [0.1, 0.15) is 41.7 Å². The summed E-state index contributed by atoms with van der Waals surface area (Å²) in [5, 5.41) is 8.00. The fraction of sp³-hybridized carbons (Fsp3) is 0.500. The van der Waals surface area contributed by atoms with Crippen molar-refractivity contribution in [1.82, 2.24) is 25.0 Å². The van der Waals surface area contributed by atoms with Crippen LogP contribution in [0.5, 0.6) is 0 Å². The lowest BCUT2D eigenvalue weighted by Crippen LogP contribution is -2.36. The summed E-state index contributed by atoms with van der Waals surface area (Å²) in [4.78, 5) is 20.8. The molecule has 3 heterocycles. The zero-order valence-electron chi connectivity index (χ0n) is 13.5. The number of pyridine rings is 1. The van der Waals surface area contributed by atoms with E-state index in [0.29, 0.717) is 24.0 Å². The number of carbonyl (C=O) groups is 1. The van der Waals surface area contributed by atoms with E-state index in [0.717, 1.165) is 26.1 Å². The molecule has 1 amide bonds. The van der Waals surface area contributed by atoms with E-state index in [2.05, 4.69) is 27.0 Å². The highest BCUT2D eigenvalue weighted by Gasteiger charge is 2.26. The number of carbonyl (C=O) groups excluding carboxylic acids is 1. The lowest BCUT2D eigenvalue weighted by Gasteiger charge is -2.25. The largest absolute Gasteiger partial charge is 0.424 e. The van der Waals surface area contributed by atoms with Crippen LogP contribution in [-0.4, -0.2) is 57.1 Å². The molecule has 0 spiro atoms. The Morgan fingerprint density at radius 1 is 1.22 bits per heavy atom. The van der Waals surface area contributed by atoms with Gasteiger partial charge in [0.2, 0.25) is 11.8 Å². The molecule has 122 valence electrons. The molecule has 0 unspecified atom stereocenters. The SMILES string of the molecule is Cc1nnc([C@@H](C)N2CCCN(C(=O)c3ccccn3)CC2)o1. The average molecular weight is 315 g/mol. The molecule has 1 saturated heterocycles. The first-order valence-electron chi connectivity index (χ1n) is 7.89. The minimum atomic E-state index is -0.00580. The van der Waals surface area contributed by atoms with Gasteiger partial charge in [-0.05, 0) is 25.5 Å². The van der Waals surface area contributed by atoms with Gasteiger partial charge in [-0.15, -0.1) is 10.2 Å². The van der Waals surface area contributed by atoms with Gasteiger partial charge in [-0.2, -0.15) is 0 Å². The maximum atomic E-state index is 12.5. The summed E-state index contributed by atoms with van der Waals surface area (Å²) in [6.07, 6.45) is 2.56. The van der Waals surface area contributed by atoms with E-state index in [1.807, 2.05) is 17.0 Å². The first-order valence-corrected chi connectivity index (χ1v) is 7.89. The molecule has 2 aromatic heterocycles. The normalized spacial score (nSPS) is 17.7. The number of hydrogen-bond donors (Lipinski definition) is 0. The molecule has 0 aromatic carbocycles. The molecule has 0 saturated carbocycles. The summed E-state index contributed by atoms with van der Waals surface area (Å²) in [5.74, 6) is 1.20. The number of aromatic nitrogens is 3. The van der Waals surface area contributed by atoms with Crippen LogP contribution in [0.2, 0.25) is 0 Å². The Balaban J connectivity index is 1.64. The first-order chi connectivity index (χ1) is 11.1. The molecular weight excluding hydrogens is 294 g/mol. The monoisotopic (exact) mass is 315 g/mol. The molecule has 1 atom stereocenters. The second kappa shape index (κ2) is 6.87. The lowest BCUT2D eigenvalue weighted by molar-refractivity contribution is 0.0751. The first kappa shape index (κ1) is 15.6. The minimum Gasteiger partial charge on any atom is -0.424 e. The van der Waals surface area contributed by atoms with E-state index < -0.39 is 0 Å². The van der Waals surface area contributed by atoms with Crippen molar-refractivity contribution in [3.63, 3.8) is 0 Å². The van der Waals surface area contributed by atoms with Crippen LogP contribution in [-0.2, 0) is 0 Å². The molecule has 0 bridgehead atoms. The third-order valence-electron chi connectivity index (χ3n) is 4.15. The van der Waals surface area contributed by atoms with Crippen LogP contribution < -0.4 is 0 Å². The molecule has 3 rings (SSSR count). The Labute approximate surface area is 135 Å². The predicted octanol–water partition coefficient (Wildman–Crippen LogP) is 1.68. The summed E-state index contributed by atoms with van der Waals surface area (Å²) in [6, 6.07) is 5.47. The van der Waals surface area contributed by atoms with E-state index in [9.17, 15) is 4.79 Å². The minimum absolute atomic E-state index is 0.00580. The lowest BCUT2D eigenvalue weighted by atomic mass is 10.2. The zero-order valence-corrected chi connectivity index (χ0v) is 13.5. The molecule has 7 nitrogen and oxygen atoms in total. The second-order valence-corrected chi connectivity index (χ2v) is 5.73. The van der Waals surface area contributed by atoms with Crippen molar-refractivity contribution in [1.29, 1.82) is 0 Å². The second-order valence-electron chi connectivity index (χ2n) is 5.73. The highest BCUT2D eigenvalue weighted by molar-refractivity contribution is 5.92. The number of rotatable bonds is 3. The van der Waals surface area contributed by atoms with E-state index in [1.165, 1.54) is 0 Å². The van der Waals surface area contributed by atoms with Crippen LogP contribution >= 0.6 is 0 Å². The van der Waals surface area contributed by atoms with Gasteiger partial charge in [0.25, 0.3) is 5.91 Å². The number of aryl methyl sites for hydroxylation is 1. The summed E-state index contributed by atoms with van der Waals surface area (Å²) in [7, 11) is 0. The maximum absolute atomic E-state index is 12.5. The zero-order chi connectivity index (χ0) is 16.2. The predicted molar refractivity (Wildman–Crippen MR) is 83.8 cm³/mol. The van der Waals surface area contributed by atoms with E-state index in [-0.39, 0.29) is 11.9 Å². The van der Waals surface area contributed by atoms with Crippen molar-refractivity contribution in [2.24, 2.45) is 0 Å². The van der Waals surface area contributed by atoms with Crippen molar-refractivity contribution < 1.29 is 9.21 Å². The maximum Gasteiger partial charge on any atom is 0.272 e. The van der Waals surface area contributed by atoms with Crippen LogP contribution in [0.25, 0.3) is 0 Å². The fourth-order valence-electron chi connectivity index (χ4n) is 2.82. The number of amides is 1. The number of hydrogen-bond acceptors (Lipinski definition) is 6. The van der Waals surface area contributed by atoms with Crippen LogP contribution in [0.15, 0.2) is 28.8 Å². The molecule has 1 aliphatic rings. The molecule has 1 fully saturated rings. The molecule has 2 aromatic rings. The van der Waals surface area contributed by atoms with Gasteiger partial charge in [-0.3, -0.25) is 14.7 Å². The Kier molecular flexibility index (Phi) is 4.66. The molecule has 0 aliphatic carbocycles. The smallest absolute Gasteiger partial charge is 0.272 e. The van der Waals surface area contributed by atoms with Crippen LogP contribution in [0, 0.1) is 6.92 Å². The standard InChI is InChI=1S/C16H21N5O2/c1-12(15-19-18-13(2)23-15)20-8-5-9-21(11-10-20)16(22)14-6-3-4-7-17-14/h3-4,6-7,12H,5,8-11H2,1-2H3/t12-/m1/s1. The fourth-order valence-corrected chi connectivity index (χ4v) is 2.82. The summed E-state index contributed by atoms with van der Waals surface area (Å²) in [6.45, 7) is 6.94. The average Bonchev–Trinajstić information content (AvgIpc) is 2.87. The summed E-state index contributed by atoms with van der Waals surface area (Å²) < 4.78 is 5.53. The summed E-state index contributed by atoms with van der Waals surface area (Å²) in [5.41, 5.74) is 0.501. The van der Waals surface area contributed by atoms with Gasteiger partial charge in [0.05, 0.1) is 6.04 Å². The third-order valence-corrected chi connectivity index (χ3v) is 4.15. The molecular formula is C16H21N5O2. The van der Waals surface area contributed by atoms with Crippen molar-refractivity contribution in [3.8, 4) is 0 Å². The van der Waals surface area contributed by atoms with Gasteiger partial charge in [0.15, 0.2) is 0 Å². The molecule has 1 aliphatic heterocycles. The van der Waals surface area contributed by atoms with Crippen LogP contribution in [0.4, 0.5) is 0 Å². The van der Waals surface area contributed by atoms with Crippen molar-refractivity contribution in [2.45, 2.75) is 26.3 Å². The number of nitrogens with zero attached hydrogens (tertiary/aromatic N) is 5. The quantitative estimate of drug-likeness (QED) is 0.858. The molecule has 7 heteroatoms. The van der Waals surface area contributed by atoms with Crippen molar-refractivity contribution >= 4 is 5.91 Å². The molecule has 0 radical (unpaired) electrons. The summed E-state index contributed by atoms with van der Waals surface area (Å²) >= 11 is 0. The van der Waals surface area contributed by atoms with E-state index >= 15 is 0 Å². The Bertz CT molecular complexity index is 658. The van der Waals surface area contributed by atoms with Gasteiger partial charge < -0.3 is 9.32 Å². The van der Waals surface area contributed by atoms with Gasteiger partial charge in [-0.1, -0.05) is 6.07 Å². The van der Waals surface area contributed by atoms with Gasteiger partial charge in [-0.25, -0.2) is 0 Å². The van der Waals surface area contributed by atoms with E-state index in [1.54, 1.807) is 19.2 Å². The highest BCUT2D eigenvalue weighted by Crippen LogP contribution is 2.20. The Morgan fingerprint density at radius 2 is 2.09 bits per heavy atom. The highest BCUT2D eigenvalue weighted by atomic mass is 16.4. The molecule has 23 heavy (non-hydrogen) atoms. The Morgan fingerprint density at radius 3 is 2.78 bits per heavy atom. The van der Waals surface area contributed by atoms with Gasteiger partial charge in [0, 0.05) is 39.3 Å². The van der Waals surface area contributed by atoms with Gasteiger partial charge in [0.1, 0.15) is 5.69 Å². The van der Waals surface area contributed by atoms with Crippen molar-refractivity contribution in [3.05, 3.63) is 41.9 Å². The van der Waals surface area contributed by atoms with Gasteiger partial charge >= 0.3 is 0 Å². The topological polar surface area (TPSA) is 75.4 Å².